The summed E-state index contributed by atoms with van der Waals surface area (Å²) in [6.45, 7) is 5.03. The Bertz CT molecular complexity index is 2230. The second kappa shape index (κ2) is 14.5. The second-order valence-electron chi connectivity index (χ2n) is 13.6. The smallest absolute Gasteiger partial charge is 0.331 e. The van der Waals surface area contributed by atoms with Crippen LogP contribution in [0.4, 0.5) is 21.9 Å². The Morgan fingerprint density at radius 1 is 1.07 bits per heavy atom. The van der Waals surface area contributed by atoms with E-state index in [4.69, 9.17) is 14.2 Å². The Morgan fingerprint density at radius 3 is 2.67 bits per heavy atom. The highest BCUT2D eigenvalue weighted by atomic mass is 32.1. The van der Waals surface area contributed by atoms with Crippen molar-refractivity contribution in [2.75, 3.05) is 43.1 Å². The van der Waals surface area contributed by atoms with Crippen molar-refractivity contribution in [3.05, 3.63) is 82.9 Å². The Labute approximate surface area is 314 Å². The summed E-state index contributed by atoms with van der Waals surface area (Å²) in [4.78, 5) is 63.9. The maximum Gasteiger partial charge on any atom is 0.331 e. The number of carbonyl (C=O) groups excluding carboxylic acids is 4. The van der Waals surface area contributed by atoms with E-state index in [0.29, 0.717) is 82.8 Å². The van der Waals surface area contributed by atoms with Crippen LogP contribution in [0.1, 0.15) is 35.0 Å². The summed E-state index contributed by atoms with van der Waals surface area (Å²) in [5.74, 6) is 0.256. The zero-order chi connectivity index (χ0) is 37.5. The number of carbonyl (C=O) groups is 4. The van der Waals surface area contributed by atoms with Crippen LogP contribution in [-0.4, -0.2) is 95.7 Å². The SMILES string of the molecule is CC(=O)N1CC2OCCOC2[C@@H]1/C=C(\C#N)C(=O)N1CCC[C@@H](NC(=O)c2sc3nccc4c3c2NC(=O)N4c2ccc(Oc3ccccc3)cc2C)C1. The van der Waals surface area contributed by atoms with E-state index in [0.717, 1.165) is 5.56 Å². The zero-order valence-corrected chi connectivity index (χ0v) is 30.4. The normalized spacial score (nSPS) is 22.4. The molecule has 3 fully saturated rings. The van der Waals surface area contributed by atoms with Crippen molar-refractivity contribution in [1.82, 2.24) is 20.1 Å². The van der Waals surface area contributed by atoms with Crippen LogP contribution in [0.2, 0.25) is 0 Å². The molecule has 3 saturated heterocycles. The fourth-order valence-corrected chi connectivity index (χ4v) is 8.68. The number of pyridine rings is 1. The number of rotatable bonds is 7. The van der Waals surface area contributed by atoms with Gasteiger partial charge in [-0.25, -0.2) is 9.78 Å². The number of anilines is 3. The number of nitriles is 1. The van der Waals surface area contributed by atoms with Crippen LogP contribution < -0.4 is 20.3 Å². The van der Waals surface area contributed by atoms with Gasteiger partial charge in [-0.2, -0.15) is 5.26 Å². The molecule has 2 aromatic carbocycles. The third-order valence-electron chi connectivity index (χ3n) is 10.1. The summed E-state index contributed by atoms with van der Waals surface area (Å²) in [5.41, 5.74) is 2.35. The summed E-state index contributed by atoms with van der Waals surface area (Å²) in [5, 5.41) is 16.7. The molecule has 5 amide bonds. The maximum absolute atomic E-state index is 13.9. The first-order valence-electron chi connectivity index (χ1n) is 17.8. The van der Waals surface area contributed by atoms with Gasteiger partial charge in [0.15, 0.2) is 0 Å². The average molecular weight is 748 g/mol. The van der Waals surface area contributed by atoms with Crippen molar-refractivity contribution in [3.63, 3.8) is 0 Å². The molecule has 8 rings (SSSR count). The van der Waals surface area contributed by atoms with Crippen molar-refractivity contribution < 1.29 is 33.4 Å². The van der Waals surface area contributed by atoms with Gasteiger partial charge in [0.05, 0.1) is 48.2 Å². The third kappa shape index (κ3) is 6.53. The molecular weight excluding hydrogens is 711 g/mol. The number of hydrogen-bond donors (Lipinski definition) is 2. The number of hydrogen-bond acceptors (Lipinski definition) is 10. The quantitative estimate of drug-likeness (QED) is 0.189. The number of benzene rings is 2. The zero-order valence-electron chi connectivity index (χ0n) is 29.6. The van der Waals surface area contributed by atoms with Gasteiger partial charge in [0.1, 0.15) is 45.1 Å². The number of ether oxygens (including phenoxy) is 3. The second-order valence-corrected chi connectivity index (χ2v) is 14.6. The molecular formula is C39H37N7O7S. The lowest BCUT2D eigenvalue weighted by atomic mass is 10.0. The van der Waals surface area contributed by atoms with E-state index in [2.05, 4.69) is 15.6 Å². The van der Waals surface area contributed by atoms with Gasteiger partial charge in [-0.1, -0.05) is 18.2 Å². The Morgan fingerprint density at radius 2 is 1.89 bits per heavy atom. The number of piperidine rings is 1. The van der Waals surface area contributed by atoms with Gasteiger partial charge in [0, 0.05) is 32.3 Å². The highest BCUT2D eigenvalue weighted by molar-refractivity contribution is 7.21. The first kappa shape index (κ1) is 35.2. The molecule has 4 aliphatic heterocycles. The van der Waals surface area contributed by atoms with Gasteiger partial charge in [-0.05, 0) is 67.8 Å². The molecule has 4 aliphatic rings. The van der Waals surface area contributed by atoms with E-state index in [1.807, 2.05) is 61.5 Å². The highest BCUT2D eigenvalue weighted by Crippen LogP contribution is 2.46. The van der Waals surface area contributed by atoms with Crippen LogP contribution in [-0.2, 0) is 19.1 Å². The van der Waals surface area contributed by atoms with Crippen LogP contribution in [0, 0.1) is 18.3 Å². The molecule has 54 heavy (non-hydrogen) atoms. The van der Waals surface area contributed by atoms with E-state index in [9.17, 15) is 24.4 Å². The van der Waals surface area contributed by atoms with Crippen molar-refractivity contribution >= 4 is 62.4 Å². The van der Waals surface area contributed by atoms with E-state index >= 15 is 0 Å². The Balaban J connectivity index is 0.994. The van der Waals surface area contributed by atoms with E-state index < -0.39 is 36.0 Å². The van der Waals surface area contributed by atoms with E-state index in [-0.39, 0.29) is 24.1 Å². The number of aromatic nitrogens is 1. The number of amides is 5. The molecule has 276 valence electrons. The first-order chi connectivity index (χ1) is 26.2. The molecule has 2 N–H and O–H groups in total. The third-order valence-corrected chi connectivity index (χ3v) is 11.2. The van der Waals surface area contributed by atoms with Gasteiger partial charge in [0.2, 0.25) is 5.91 Å². The molecule has 2 aromatic heterocycles. The van der Waals surface area contributed by atoms with Gasteiger partial charge in [-0.15, -0.1) is 11.3 Å². The van der Waals surface area contributed by atoms with Gasteiger partial charge < -0.3 is 34.6 Å². The van der Waals surface area contributed by atoms with Crippen molar-refractivity contribution in [1.29, 1.82) is 5.26 Å². The number of para-hydroxylation sites is 1. The summed E-state index contributed by atoms with van der Waals surface area (Å²) in [6.07, 6.45) is 3.55. The highest BCUT2D eigenvalue weighted by Gasteiger charge is 2.46. The van der Waals surface area contributed by atoms with E-state index in [1.54, 1.807) is 27.0 Å². The number of likely N-dealkylation sites (tertiary alicyclic amines) is 2. The molecule has 0 bridgehead atoms. The predicted molar refractivity (Wildman–Crippen MR) is 200 cm³/mol. The number of fused-ring (bicyclic) bond motifs is 1. The summed E-state index contributed by atoms with van der Waals surface area (Å²) < 4.78 is 17.7. The van der Waals surface area contributed by atoms with Gasteiger partial charge >= 0.3 is 6.03 Å². The molecule has 0 spiro atoms. The average Bonchev–Trinajstić information content (AvgIpc) is 3.74. The topological polar surface area (TPSA) is 166 Å². The van der Waals surface area contributed by atoms with Crippen molar-refractivity contribution in [2.24, 2.45) is 0 Å². The summed E-state index contributed by atoms with van der Waals surface area (Å²) >= 11 is 1.18. The lowest BCUT2D eigenvalue weighted by Crippen LogP contribution is -2.50. The minimum atomic E-state index is -0.613. The number of urea groups is 1. The molecule has 6 heterocycles. The Kier molecular flexibility index (Phi) is 9.49. The minimum Gasteiger partial charge on any atom is -0.457 e. The Hall–Kier alpha value is -5.82. The van der Waals surface area contributed by atoms with Crippen LogP contribution >= 0.6 is 11.3 Å². The van der Waals surface area contributed by atoms with Crippen LogP contribution in [0.15, 0.2) is 72.4 Å². The number of thiophene rings is 1. The van der Waals surface area contributed by atoms with Crippen LogP contribution in [0.25, 0.3) is 10.2 Å². The lowest BCUT2D eigenvalue weighted by molar-refractivity contribution is -0.131. The maximum atomic E-state index is 13.9. The molecule has 0 radical (unpaired) electrons. The van der Waals surface area contributed by atoms with Crippen LogP contribution in [0.3, 0.4) is 0 Å². The molecule has 15 heteroatoms. The first-order valence-corrected chi connectivity index (χ1v) is 18.6. The predicted octanol–water partition coefficient (Wildman–Crippen LogP) is 5.27. The molecule has 2 unspecified atom stereocenters. The molecule has 14 nitrogen and oxygen atoms in total. The number of aryl methyl sites for hydroxylation is 1. The van der Waals surface area contributed by atoms with Crippen molar-refractivity contribution in [3.8, 4) is 17.6 Å². The fourth-order valence-electron chi connectivity index (χ4n) is 7.66. The van der Waals surface area contributed by atoms with Crippen molar-refractivity contribution in [2.45, 2.75) is 51.0 Å². The monoisotopic (exact) mass is 747 g/mol. The largest absolute Gasteiger partial charge is 0.457 e. The van der Waals surface area contributed by atoms with E-state index in [1.165, 1.54) is 24.3 Å². The number of nitrogens with zero attached hydrogens (tertiary/aromatic N) is 5. The summed E-state index contributed by atoms with van der Waals surface area (Å²) in [7, 11) is 0. The molecule has 4 atom stereocenters. The summed E-state index contributed by atoms with van der Waals surface area (Å²) in [6, 6.07) is 17.3. The van der Waals surface area contributed by atoms with Gasteiger partial charge in [0.25, 0.3) is 11.8 Å². The lowest BCUT2D eigenvalue weighted by Gasteiger charge is -2.33. The number of nitrogens with one attached hydrogen (secondary N) is 2. The fraction of sp³-hybridized carbons (Fsp3) is 0.333. The minimum absolute atomic E-state index is 0.0959. The molecule has 0 saturated carbocycles. The van der Waals surface area contributed by atoms with Gasteiger partial charge in [-0.3, -0.25) is 19.3 Å². The molecule has 0 aliphatic carbocycles. The van der Waals surface area contributed by atoms with Crippen LogP contribution in [0.5, 0.6) is 11.5 Å². The molecule has 4 aromatic rings. The standard InChI is InChI=1S/C39H37N7O7S/c1-22-17-27(53-26-8-4-3-5-9-26)10-11-28(22)46-29-12-13-41-37-32(29)33(43-39(46)50)35(54-37)36(48)42-25-7-6-14-44(20-25)38(49)24(19-40)18-30-34-31(51-15-16-52-34)21-45(30)23(2)47/h3-5,8-13,17-18,25,30-31,34H,6-7,14-16,20-21H2,1-2H3,(H,42,48)(H,43,50)/b24-18+/t25-,30+,31?,34?/m1/s1.